The summed E-state index contributed by atoms with van der Waals surface area (Å²) >= 11 is 1.29. The van der Waals surface area contributed by atoms with Gasteiger partial charge in [0.2, 0.25) is 0 Å². The molecule has 0 spiro atoms. The molecule has 0 saturated carbocycles. The maximum Gasteiger partial charge on any atom is 0.263 e. The molecule has 5 nitrogen and oxygen atoms in total. The number of ketones is 1. The van der Waals surface area contributed by atoms with Crippen LogP contribution in [0.3, 0.4) is 0 Å². The van der Waals surface area contributed by atoms with Gasteiger partial charge >= 0.3 is 0 Å². The van der Waals surface area contributed by atoms with Crippen LogP contribution in [0.1, 0.15) is 10.4 Å². The molecule has 0 aliphatic rings. The largest absolute Gasteiger partial charge is 0.494 e. The van der Waals surface area contributed by atoms with E-state index < -0.39 is 17.2 Å². The molecule has 8 heteroatoms. The van der Waals surface area contributed by atoms with Gasteiger partial charge in [0.1, 0.15) is 10.6 Å². The van der Waals surface area contributed by atoms with Gasteiger partial charge in [0, 0.05) is 16.5 Å². The molecule has 2 aromatic carbocycles. The molecule has 146 valence electrons. The Kier molecular flexibility index (Phi) is 4.94. The normalized spacial score (nSPS) is 11.0. The molecule has 2 heterocycles. The number of carbonyl (C=O) groups is 1. The van der Waals surface area contributed by atoms with E-state index in [1.54, 1.807) is 17.5 Å². The fourth-order valence-corrected chi connectivity index (χ4v) is 3.91. The molecule has 0 aliphatic carbocycles. The number of nitrogens with zero attached hydrogens (tertiary/aromatic N) is 2. The SMILES string of the molecule is COc1ccc(C(=O)Cn2cnc3scc(-c4ccc(F)cc4)c3c2=O)cc1F. The van der Waals surface area contributed by atoms with Crippen molar-refractivity contribution in [3.63, 3.8) is 0 Å². The van der Waals surface area contributed by atoms with E-state index in [2.05, 4.69) is 4.98 Å². The Morgan fingerprint density at radius 1 is 1.17 bits per heavy atom. The van der Waals surface area contributed by atoms with Gasteiger partial charge in [-0.15, -0.1) is 11.3 Å². The minimum absolute atomic E-state index is 0.0315. The van der Waals surface area contributed by atoms with E-state index in [0.717, 1.165) is 6.07 Å². The Balaban J connectivity index is 1.71. The standard InChI is InChI=1S/C21H14F2N2O3S/c1-28-18-7-4-13(8-16(18)23)17(26)9-25-11-24-20-19(21(25)27)15(10-29-20)12-2-5-14(22)6-3-12/h2-8,10-11H,9H2,1H3. The van der Waals surface area contributed by atoms with Gasteiger partial charge in [-0.25, -0.2) is 13.8 Å². The lowest BCUT2D eigenvalue weighted by Gasteiger charge is -2.07. The molecule has 0 amide bonds. The third-order valence-electron chi connectivity index (χ3n) is 4.50. The summed E-state index contributed by atoms with van der Waals surface area (Å²) in [6, 6.07) is 9.67. The summed E-state index contributed by atoms with van der Waals surface area (Å²) in [6.07, 6.45) is 1.30. The molecular formula is C21H14F2N2O3S. The number of benzene rings is 2. The topological polar surface area (TPSA) is 61.2 Å². The highest BCUT2D eigenvalue weighted by Gasteiger charge is 2.16. The Hall–Kier alpha value is -3.39. The van der Waals surface area contributed by atoms with E-state index in [0.29, 0.717) is 21.3 Å². The van der Waals surface area contributed by atoms with Crippen LogP contribution in [0.2, 0.25) is 0 Å². The second-order valence-corrected chi connectivity index (χ2v) is 7.14. The molecule has 4 aromatic rings. The predicted molar refractivity (Wildman–Crippen MR) is 107 cm³/mol. The summed E-state index contributed by atoms with van der Waals surface area (Å²) in [6.45, 7) is -0.285. The van der Waals surface area contributed by atoms with Crippen molar-refractivity contribution in [2.75, 3.05) is 7.11 Å². The first-order valence-corrected chi connectivity index (χ1v) is 9.45. The quantitative estimate of drug-likeness (QED) is 0.459. The van der Waals surface area contributed by atoms with Gasteiger partial charge in [-0.05, 0) is 35.9 Å². The molecule has 0 bridgehead atoms. The summed E-state index contributed by atoms with van der Waals surface area (Å²) in [4.78, 5) is 30.3. The zero-order valence-corrected chi connectivity index (χ0v) is 16.0. The molecule has 0 unspecified atom stereocenters. The van der Waals surface area contributed by atoms with Crippen molar-refractivity contribution >= 4 is 27.3 Å². The maximum absolute atomic E-state index is 13.9. The van der Waals surface area contributed by atoms with E-state index in [-0.39, 0.29) is 23.7 Å². The number of Topliss-reactive ketones (excluding diaryl/α,β-unsaturated/α-hetero) is 1. The average Bonchev–Trinajstić information content (AvgIpc) is 3.15. The van der Waals surface area contributed by atoms with Gasteiger partial charge in [-0.2, -0.15) is 0 Å². The molecule has 2 aromatic heterocycles. The van der Waals surface area contributed by atoms with E-state index >= 15 is 0 Å². The minimum Gasteiger partial charge on any atom is -0.494 e. The Labute approximate surface area is 167 Å². The number of aromatic nitrogens is 2. The lowest BCUT2D eigenvalue weighted by Crippen LogP contribution is -2.24. The predicted octanol–water partition coefficient (Wildman–Crippen LogP) is 4.29. The lowest BCUT2D eigenvalue weighted by atomic mass is 10.1. The second-order valence-electron chi connectivity index (χ2n) is 6.29. The van der Waals surface area contributed by atoms with Crippen molar-refractivity contribution in [2.24, 2.45) is 0 Å². The van der Waals surface area contributed by atoms with Gasteiger partial charge in [0.05, 0.1) is 25.4 Å². The number of hydrogen-bond acceptors (Lipinski definition) is 5. The van der Waals surface area contributed by atoms with E-state index in [9.17, 15) is 18.4 Å². The van der Waals surface area contributed by atoms with E-state index in [1.807, 2.05) is 0 Å². The molecule has 29 heavy (non-hydrogen) atoms. The molecule has 0 radical (unpaired) electrons. The number of rotatable bonds is 5. The summed E-state index contributed by atoms with van der Waals surface area (Å²) in [7, 11) is 1.33. The molecule has 0 atom stereocenters. The van der Waals surface area contributed by atoms with Crippen LogP contribution >= 0.6 is 11.3 Å². The monoisotopic (exact) mass is 412 g/mol. The maximum atomic E-state index is 13.9. The third kappa shape index (κ3) is 3.54. The summed E-state index contributed by atoms with van der Waals surface area (Å²) < 4.78 is 33.1. The van der Waals surface area contributed by atoms with E-state index in [1.165, 1.54) is 53.6 Å². The zero-order valence-electron chi connectivity index (χ0n) is 15.2. The molecule has 0 aliphatic heterocycles. The van der Waals surface area contributed by atoms with Crippen LogP contribution in [0, 0.1) is 11.6 Å². The van der Waals surface area contributed by atoms with Gasteiger partial charge in [-0.1, -0.05) is 12.1 Å². The first kappa shape index (κ1) is 18.9. The van der Waals surface area contributed by atoms with Crippen LogP contribution < -0.4 is 10.3 Å². The van der Waals surface area contributed by atoms with Gasteiger partial charge in [0.25, 0.3) is 5.56 Å². The number of hydrogen-bond donors (Lipinski definition) is 0. The smallest absolute Gasteiger partial charge is 0.263 e. The molecule has 0 saturated heterocycles. The highest BCUT2D eigenvalue weighted by molar-refractivity contribution is 7.17. The molecule has 4 rings (SSSR count). The summed E-state index contributed by atoms with van der Waals surface area (Å²) in [5, 5.41) is 2.13. The lowest BCUT2D eigenvalue weighted by molar-refractivity contribution is 0.0970. The van der Waals surface area contributed by atoms with E-state index in [4.69, 9.17) is 4.74 Å². The van der Waals surface area contributed by atoms with Crippen LogP contribution in [-0.2, 0) is 6.54 Å². The van der Waals surface area contributed by atoms with Crippen LogP contribution in [0.15, 0.2) is 59.0 Å². The Morgan fingerprint density at radius 3 is 2.62 bits per heavy atom. The molecule has 0 N–H and O–H groups in total. The average molecular weight is 412 g/mol. The van der Waals surface area contributed by atoms with Crippen molar-refractivity contribution < 1.29 is 18.3 Å². The van der Waals surface area contributed by atoms with Gasteiger partial charge in [-0.3, -0.25) is 14.2 Å². The summed E-state index contributed by atoms with van der Waals surface area (Å²) in [5.74, 6) is -1.44. The first-order valence-electron chi connectivity index (χ1n) is 8.57. The summed E-state index contributed by atoms with van der Waals surface area (Å²) in [5.41, 5.74) is 1.04. The van der Waals surface area contributed by atoms with Crippen LogP contribution in [0.4, 0.5) is 8.78 Å². The highest BCUT2D eigenvalue weighted by Crippen LogP contribution is 2.30. The van der Waals surface area contributed by atoms with Crippen molar-refractivity contribution in [1.29, 1.82) is 0 Å². The highest BCUT2D eigenvalue weighted by atomic mass is 32.1. The fraction of sp³-hybridized carbons (Fsp3) is 0.0952. The minimum atomic E-state index is -0.657. The fourth-order valence-electron chi connectivity index (χ4n) is 3.01. The number of carbonyl (C=O) groups excluding carboxylic acids is 1. The number of ether oxygens (including phenoxy) is 1. The zero-order chi connectivity index (χ0) is 20.5. The molecule has 0 fully saturated rings. The van der Waals surface area contributed by atoms with Crippen LogP contribution in [0.25, 0.3) is 21.3 Å². The van der Waals surface area contributed by atoms with Crippen molar-refractivity contribution in [1.82, 2.24) is 9.55 Å². The van der Waals surface area contributed by atoms with Crippen molar-refractivity contribution in [3.05, 3.63) is 81.7 Å². The number of methoxy groups -OCH3 is 1. The van der Waals surface area contributed by atoms with Crippen molar-refractivity contribution in [3.8, 4) is 16.9 Å². The van der Waals surface area contributed by atoms with Gasteiger partial charge < -0.3 is 4.74 Å². The number of thiophene rings is 1. The molecular weight excluding hydrogens is 398 g/mol. The van der Waals surface area contributed by atoms with Crippen LogP contribution in [-0.4, -0.2) is 22.4 Å². The number of halogens is 2. The van der Waals surface area contributed by atoms with Crippen LogP contribution in [0.5, 0.6) is 5.75 Å². The second kappa shape index (κ2) is 7.56. The first-order chi connectivity index (χ1) is 14.0. The number of fused-ring (bicyclic) bond motifs is 1. The van der Waals surface area contributed by atoms with Gasteiger partial charge in [0.15, 0.2) is 17.3 Å². The Morgan fingerprint density at radius 2 is 1.93 bits per heavy atom. The third-order valence-corrected chi connectivity index (χ3v) is 5.39. The van der Waals surface area contributed by atoms with Crippen molar-refractivity contribution in [2.45, 2.75) is 6.54 Å². The Bertz CT molecular complexity index is 1280.